The van der Waals surface area contributed by atoms with Crippen LogP contribution in [0.15, 0.2) is 76.8 Å². The molecule has 0 radical (unpaired) electrons. The maximum absolute atomic E-state index is 12.4. The third-order valence-electron chi connectivity index (χ3n) is 4.04. The number of nitrogens with zero attached hydrogens (tertiary/aromatic N) is 1. The van der Waals surface area contributed by atoms with Crippen LogP contribution in [0.3, 0.4) is 0 Å². The Balaban J connectivity index is 1.55. The van der Waals surface area contributed by atoms with E-state index in [1.807, 2.05) is 36.4 Å². The summed E-state index contributed by atoms with van der Waals surface area (Å²) in [5, 5.41) is 5.78. The highest BCUT2D eigenvalue weighted by Crippen LogP contribution is 2.38. The first-order valence-electron chi connectivity index (χ1n) is 8.10. The van der Waals surface area contributed by atoms with Gasteiger partial charge in [-0.2, -0.15) is 0 Å². The average Bonchev–Trinajstić information content (AvgIpc) is 2.82. The molecule has 0 unspecified atom stereocenters. The lowest BCUT2D eigenvalue weighted by Crippen LogP contribution is -2.23. The van der Waals surface area contributed by atoms with E-state index in [9.17, 15) is 9.59 Å². The molecule has 4 rings (SSSR count). The molecule has 0 atom stereocenters. The van der Waals surface area contributed by atoms with Gasteiger partial charge in [-0.1, -0.05) is 23.9 Å². The molecule has 0 saturated heterocycles. The van der Waals surface area contributed by atoms with Gasteiger partial charge in [0.05, 0.1) is 11.3 Å². The summed E-state index contributed by atoms with van der Waals surface area (Å²) in [6, 6.07) is 16.5. The van der Waals surface area contributed by atoms with Crippen LogP contribution in [0.2, 0.25) is 0 Å². The first-order chi connectivity index (χ1) is 12.7. The van der Waals surface area contributed by atoms with Gasteiger partial charge < -0.3 is 10.6 Å². The van der Waals surface area contributed by atoms with Gasteiger partial charge in [0.2, 0.25) is 0 Å². The summed E-state index contributed by atoms with van der Waals surface area (Å²) in [6.07, 6.45) is 3.38. The summed E-state index contributed by atoms with van der Waals surface area (Å²) in [5.41, 5.74) is 2.76. The number of fused-ring (bicyclic) bond motifs is 2. The van der Waals surface area contributed by atoms with Crippen LogP contribution in [0, 0.1) is 0 Å². The Kier molecular flexibility index (Phi) is 4.41. The van der Waals surface area contributed by atoms with Gasteiger partial charge in [-0.15, -0.1) is 0 Å². The van der Waals surface area contributed by atoms with Crippen LogP contribution in [0.1, 0.15) is 26.3 Å². The highest BCUT2D eigenvalue weighted by Gasteiger charge is 2.20. The molecule has 1 aromatic heterocycles. The number of anilines is 1. The largest absolute Gasteiger partial charge is 0.348 e. The number of benzene rings is 2. The van der Waals surface area contributed by atoms with Gasteiger partial charge in [0.15, 0.2) is 0 Å². The van der Waals surface area contributed by atoms with Gasteiger partial charge >= 0.3 is 0 Å². The lowest BCUT2D eigenvalue weighted by molar-refractivity contribution is 0.0949. The molecule has 2 aromatic carbocycles. The molecular weight excluding hydrogens is 346 g/mol. The topological polar surface area (TPSA) is 71.1 Å². The van der Waals surface area contributed by atoms with Crippen molar-refractivity contribution in [3.8, 4) is 0 Å². The van der Waals surface area contributed by atoms with Crippen LogP contribution < -0.4 is 10.6 Å². The van der Waals surface area contributed by atoms with Gasteiger partial charge in [-0.3, -0.25) is 14.6 Å². The molecule has 6 heteroatoms. The van der Waals surface area contributed by atoms with E-state index in [1.54, 1.807) is 30.6 Å². The molecule has 2 N–H and O–H groups in total. The van der Waals surface area contributed by atoms with E-state index in [0.29, 0.717) is 23.4 Å². The number of pyridine rings is 1. The van der Waals surface area contributed by atoms with Gasteiger partial charge in [0.1, 0.15) is 0 Å². The van der Waals surface area contributed by atoms with E-state index < -0.39 is 0 Å². The zero-order valence-electron chi connectivity index (χ0n) is 13.7. The summed E-state index contributed by atoms with van der Waals surface area (Å²) in [6.45, 7) is 0.422. The minimum Gasteiger partial charge on any atom is -0.348 e. The predicted molar refractivity (Wildman–Crippen MR) is 100 cm³/mol. The Labute approximate surface area is 154 Å². The fourth-order valence-electron chi connectivity index (χ4n) is 2.69. The van der Waals surface area contributed by atoms with E-state index in [2.05, 4.69) is 15.6 Å². The fraction of sp³-hybridized carbons (Fsp3) is 0.0500. The van der Waals surface area contributed by atoms with Crippen molar-refractivity contribution < 1.29 is 9.59 Å². The normalized spacial score (nSPS) is 12.4. The second kappa shape index (κ2) is 7.01. The van der Waals surface area contributed by atoms with Crippen molar-refractivity contribution in [3.63, 3.8) is 0 Å². The van der Waals surface area contributed by atoms with Crippen molar-refractivity contribution in [2.75, 3.05) is 5.32 Å². The molecule has 3 aromatic rings. The maximum atomic E-state index is 12.4. The van der Waals surface area contributed by atoms with Gasteiger partial charge in [-0.05, 0) is 48.0 Å². The summed E-state index contributed by atoms with van der Waals surface area (Å²) >= 11 is 1.52. The van der Waals surface area contributed by atoms with Crippen molar-refractivity contribution in [2.45, 2.75) is 16.3 Å². The van der Waals surface area contributed by atoms with Crippen molar-refractivity contribution >= 4 is 29.3 Å². The van der Waals surface area contributed by atoms with Crippen LogP contribution in [-0.4, -0.2) is 16.8 Å². The summed E-state index contributed by atoms with van der Waals surface area (Å²) in [7, 11) is 0. The lowest BCUT2D eigenvalue weighted by atomic mass is 10.1. The number of nitrogens with one attached hydrogen (secondary N) is 2. The summed E-state index contributed by atoms with van der Waals surface area (Å²) < 4.78 is 0. The SMILES string of the molecule is O=C(NCc1ccncc1)c1ccc2c(c1)NC(=O)c1ccccc1S2. The first kappa shape index (κ1) is 16.4. The summed E-state index contributed by atoms with van der Waals surface area (Å²) in [4.78, 5) is 30.6. The van der Waals surface area contributed by atoms with Crippen molar-refractivity contribution in [2.24, 2.45) is 0 Å². The van der Waals surface area contributed by atoms with E-state index in [4.69, 9.17) is 0 Å². The molecule has 26 heavy (non-hydrogen) atoms. The standard InChI is InChI=1S/C20H15N3O2S/c24-19(22-12-13-7-9-21-10-8-13)14-5-6-18-16(11-14)23-20(25)15-3-1-2-4-17(15)26-18/h1-11H,12H2,(H,22,24)(H,23,25). The van der Waals surface area contributed by atoms with Crippen molar-refractivity contribution in [1.82, 2.24) is 10.3 Å². The molecule has 0 fully saturated rings. The van der Waals surface area contributed by atoms with Crippen LogP contribution in [0.5, 0.6) is 0 Å². The Morgan fingerprint density at radius 1 is 1.04 bits per heavy atom. The molecule has 1 aliphatic rings. The highest BCUT2D eigenvalue weighted by molar-refractivity contribution is 7.99. The van der Waals surface area contributed by atoms with Crippen molar-refractivity contribution in [3.05, 3.63) is 83.7 Å². The fourth-order valence-corrected chi connectivity index (χ4v) is 3.70. The molecule has 128 valence electrons. The average molecular weight is 361 g/mol. The van der Waals surface area contributed by atoms with E-state index in [-0.39, 0.29) is 11.8 Å². The number of aromatic nitrogens is 1. The van der Waals surface area contributed by atoms with Crippen LogP contribution in [0.25, 0.3) is 0 Å². The number of carbonyl (C=O) groups excluding carboxylic acids is 2. The number of rotatable bonds is 3. The molecule has 1 aliphatic heterocycles. The minimum absolute atomic E-state index is 0.166. The van der Waals surface area contributed by atoms with Gasteiger partial charge in [0.25, 0.3) is 11.8 Å². The quantitative estimate of drug-likeness (QED) is 0.746. The predicted octanol–water partition coefficient (Wildman–Crippen LogP) is 3.73. The molecule has 0 bridgehead atoms. The van der Waals surface area contributed by atoms with Crippen LogP contribution >= 0.6 is 11.8 Å². The number of hydrogen-bond acceptors (Lipinski definition) is 4. The Morgan fingerprint density at radius 2 is 1.85 bits per heavy atom. The lowest BCUT2D eigenvalue weighted by Gasteiger charge is -2.10. The Hall–Kier alpha value is -3.12. The molecule has 0 spiro atoms. The molecule has 5 nitrogen and oxygen atoms in total. The summed E-state index contributed by atoms with van der Waals surface area (Å²) in [5.74, 6) is -0.355. The smallest absolute Gasteiger partial charge is 0.256 e. The Morgan fingerprint density at radius 3 is 2.69 bits per heavy atom. The maximum Gasteiger partial charge on any atom is 0.256 e. The number of amides is 2. The third-order valence-corrected chi connectivity index (χ3v) is 5.20. The first-order valence-corrected chi connectivity index (χ1v) is 8.92. The number of hydrogen-bond donors (Lipinski definition) is 2. The van der Waals surface area contributed by atoms with Gasteiger partial charge in [-0.25, -0.2) is 0 Å². The van der Waals surface area contributed by atoms with Crippen molar-refractivity contribution in [1.29, 1.82) is 0 Å². The molecule has 2 amide bonds. The highest BCUT2D eigenvalue weighted by atomic mass is 32.2. The van der Waals surface area contributed by atoms with E-state index in [1.165, 1.54) is 11.8 Å². The second-order valence-corrected chi connectivity index (χ2v) is 6.89. The number of carbonyl (C=O) groups is 2. The van der Waals surface area contributed by atoms with Gasteiger partial charge in [0, 0.05) is 34.3 Å². The third kappa shape index (κ3) is 3.32. The zero-order valence-corrected chi connectivity index (χ0v) is 14.5. The Bertz CT molecular complexity index is 989. The van der Waals surface area contributed by atoms with E-state index >= 15 is 0 Å². The second-order valence-electron chi connectivity index (χ2n) is 5.80. The van der Waals surface area contributed by atoms with Crippen LogP contribution in [0.4, 0.5) is 5.69 Å². The molecule has 2 heterocycles. The molecular formula is C20H15N3O2S. The zero-order chi connectivity index (χ0) is 17.9. The minimum atomic E-state index is -0.189. The molecule has 0 aliphatic carbocycles. The van der Waals surface area contributed by atoms with Crippen LogP contribution in [-0.2, 0) is 6.54 Å². The monoisotopic (exact) mass is 361 g/mol. The molecule has 0 saturated carbocycles. The van der Waals surface area contributed by atoms with E-state index in [0.717, 1.165) is 15.4 Å².